The van der Waals surface area contributed by atoms with Crippen molar-refractivity contribution in [2.45, 2.75) is 45.4 Å². The zero-order chi connectivity index (χ0) is 13.7. The molecule has 19 heavy (non-hydrogen) atoms. The Morgan fingerprint density at radius 2 is 2.26 bits per heavy atom. The molecule has 0 spiro atoms. The highest BCUT2D eigenvalue weighted by atomic mass is 32.1. The molecule has 1 unspecified atom stereocenters. The van der Waals surface area contributed by atoms with Crippen LogP contribution in [0.15, 0.2) is 0 Å². The minimum absolute atomic E-state index is 0.0641. The Hall–Kier alpha value is -1.01. The summed E-state index contributed by atoms with van der Waals surface area (Å²) in [6, 6.07) is 0. The van der Waals surface area contributed by atoms with Gasteiger partial charge in [-0.2, -0.15) is 0 Å². The fourth-order valence-corrected chi connectivity index (χ4v) is 3.38. The standard InChI is InChI=1S/C13H22N4OS/c1-3-9(4-2)12-16-17-13(19-12)15-11(18)10-6-5-7-14-8-10/h9-10,14H,3-8H2,1-2H3,(H,15,17,18). The van der Waals surface area contributed by atoms with Crippen molar-refractivity contribution in [2.24, 2.45) is 5.92 Å². The van der Waals surface area contributed by atoms with Crippen molar-refractivity contribution >= 4 is 22.4 Å². The molecular formula is C13H22N4OS. The second-order valence-electron chi connectivity index (χ2n) is 4.99. The minimum atomic E-state index is 0.0641. The molecule has 2 N–H and O–H groups in total. The van der Waals surface area contributed by atoms with Gasteiger partial charge in [-0.3, -0.25) is 4.79 Å². The summed E-state index contributed by atoms with van der Waals surface area (Å²) in [6.45, 7) is 6.09. The molecule has 106 valence electrons. The number of nitrogens with one attached hydrogen (secondary N) is 2. The lowest BCUT2D eigenvalue weighted by atomic mass is 9.99. The fourth-order valence-electron chi connectivity index (χ4n) is 2.37. The molecule has 1 saturated heterocycles. The zero-order valence-corrected chi connectivity index (χ0v) is 12.4. The molecular weight excluding hydrogens is 260 g/mol. The van der Waals surface area contributed by atoms with Gasteiger partial charge < -0.3 is 10.6 Å². The van der Waals surface area contributed by atoms with E-state index in [1.54, 1.807) is 0 Å². The van der Waals surface area contributed by atoms with E-state index in [0.29, 0.717) is 11.0 Å². The number of piperidine rings is 1. The first-order valence-electron chi connectivity index (χ1n) is 7.09. The Kier molecular flexibility index (Phi) is 5.27. The van der Waals surface area contributed by atoms with Crippen LogP contribution < -0.4 is 10.6 Å². The largest absolute Gasteiger partial charge is 0.316 e. The summed E-state index contributed by atoms with van der Waals surface area (Å²) in [5, 5.41) is 16.1. The highest BCUT2D eigenvalue weighted by Crippen LogP contribution is 2.28. The average Bonchev–Trinajstić information content (AvgIpc) is 2.89. The minimum Gasteiger partial charge on any atom is -0.316 e. The van der Waals surface area contributed by atoms with E-state index in [4.69, 9.17) is 0 Å². The average molecular weight is 282 g/mol. The van der Waals surface area contributed by atoms with Gasteiger partial charge >= 0.3 is 0 Å². The quantitative estimate of drug-likeness (QED) is 0.870. The smallest absolute Gasteiger partial charge is 0.230 e. The molecule has 1 amide bonds. The number of nitrogens with zero attached hydrogens (tertiary/aromatic N) is 2. The lowest BCUT2D eigenvalue weighted by molar-refractivity contribution is -0.120. The molecule has 0 aliphatic carbocycles. The molecule has 1 atom stereocenters. The van der Waals surface area contributed by atoms with Gasteiger partial charge in [0.2, 0.25) is 11.0 Å². The number of anilines is 1. The lowest BCUT2D eigenvalue weighted by Gasteiger charge is -2.21. The van der Waals surface area contributed by atoms with E-state index in [1.165, 1.54) is 11.3 Å². The number of aromatic nitrogens is 2. The molecule has 1 aliphatic rings. The maximum Gasteiger partial charge on any atom is 0.230 e. The van der Waals surface area contributed by atoms with E-state index in [-0.39, 0.29) is 11.8 Å². The van der Waals surface area contributed by atoms with Crippen molar-refractivity contribution in [1.29, 1.82) is 0 Å². The second kappa shape index (κ2) is 6.96. The van der Waals surface area contributed by atoms with Gasteiger partial charge in [-0.15, -0.1) is 10.2 Å². The van der Waals surface area contributed by atoms with E-state index in [0.717, 1.165) is 43.8 Å². The van der Waals surface area contributed by atoms with Crippen LogP contribution in [-0.4, -0.2) is 29.2 Å². The van der Waals surface area contributed by atoms with E-state index < -0.39 is 0 Å². The Morgan fingerprint density at radius 1 is 1.47 bits per heavy atom. The van der Waals surface area contributed by atoms with Gasteiger partial charge in [-0.1, -0.05) is 25.2 Å². The van der Waals surface area contributed by atoms with Crippen molar-refractivity contribution in [3.8, 4) is 0 Å². The van der Waals surface area contributed by atoms with Crippen LogP contribution in [0.5, 0.6) is 0 Å². The third-order valence-corrected chi connectivity index (χ3v) is 4.67. The third kappa shape index (κ3) is 3.73. The number of hydrogen-bond donors (Lipinski definition) is 2. The highest BCUT2D eigenvalue weighted by Gasteiger charge is 2.22. The molecule has 2 rings (SSSR count). The molecule has 0 radical (unpaired) electrons. The number of carbonyl (C=O) groups excluding carboxylic acids is 1. The van der Waals surface area contributed by atoms with Crippen LogP contribution in [0.4, 0.5) is 5.13 Å². The molecule has 6 heteroatoms. The van der Waals surface area contributed by atoms with Gasteiger partial charge in [0.15, 0.2) is 0 Å². The van der Waals surface area contributed by atoms with E-state index in [9.17, 15) is 4.79 Å². The zero-order valence-electron chi connectivity index (χ0n) is 11.6. The van der Waals surface area contributed by atoms with E-state index in [2.05, 4.69) is 34.7 Å². The molecule has 0 aromatic carbocycles. The van der Waals surface area contributed by atoms with Gasteiger partial charge in [-0.25, -0.2) is 0 Å². The van der Waals surface area contributed by atoms with Crippen LogP contribution in [-0.2, 0) is 4.79 Å². The monoisotopic (exact) mass is 282 g/mol. The Balaban J connectivity index is 1.93. The fraction of sp³-hybridized carbons (Fsp3) is 0.769. The Morgan fingerprint density at radius 3 is 2.89 bits per heavy atom. The van der Waals surface area contributed by atoms with Gasteiger partial charge in [-0.05, 0) is 32.2 Å². The molecule has 1 aromatic heterocycles. The molecule has 1 aromatic rings. The lowest BCUT2D eigenvalue weighted by Crippen LogP contribution is -2.37. The normalized spacial score (nSPS) is 19.6. The summed E-state index contributed by atoms with van der Waals surface area (Å²) >= 11 is 1.51. The predicted octanol–water partition coefficient (Wildman–Crippen LogP) is 2.38. The number of rotatable bonds is 5. The van der Waals surface area contributed by atoms with Crippen LogP contribution in [0.3, 0.4) is 0 Å². The molecule has 1 fully saturated rings. The second-order valence-corrected chi connectivity index (χ2v) is 6.00. The van der Waals surface area contributed by atoms with Crippen molar-refractivity contribution in [3.63, 3.8) is 0 Å². The Bertz CT molecular complexity index is 411. The summed E-state index contributed by atoms with van der Waals surface area (Å²) in [4.78, 5) is 12.1. The van der Waals surface area contributed by atoms with Crippen molar-refractivity contribution in [3.05, 3.63) is 5.01 Å². The maximum atomic E-state index is 12.1. The predicted molar refractivity (Wildman–Crippen MR) is 77.5 cm³/mol. The Labute approximate surface area is 118 Å². The first-order valence-corrected chi connectivity index (χ1v) is 7.91. The van der Waals surface area contributed by atoms with Crippen LogP contribution in [0.1, 0.15) is 50.5 Å². The van der Waals surface area contributed by atoms with E-state index >= 15 is 0 Å². The molecule has 0 bridgehead atoms. The summed E-state index contributed by atoms with van der Waals surface area (Å²) in [7, 11) is 0. The van der Waals surface area contributed by atoms with Crippen LogP contribution in [0, 0.1) is 5.92 Å². The maximum absolute atomic E-state index is 12.1. The SMILES string of the molecule is CCC(CC)c1nnc(NC(=O)C2CCCNC2)s1. The van der Waals surface area contributed by atoms with Crippen LogP contribution >= 0.6 is 11.3 Å². The highest BCUT2D eigenvalue weighted by molar-refractivity contribution is 7.15. The van der Waals surface area contributed by atoms with Crippen molar-refractivity contribution in [2.75, 3.05) is 18.4 Å². The third-order valence-electron chi connectivity index (χ3n) is 3.67. The summed E-state index contributed by atoms with van der Waals surface area (Å²) in [5.74, 6) is 0.591. The van der Waals surface area contributed by atoms with Crippen molar-refractivity contribution < 1.29 is 4.79 Å². The topological polar surface area (TPSA) is 66.9 Å². The molecule has 0 saturated carbocycles. The number of amides is 1. The molecule has 1 aliphatic heterocycles. The first kappa shape index (κ1) is 14.4. The van der Waals surface area contributed by atoms with Gasteiger partial charge in [0, 0.05) is 12.5 Å². The molecule has 2 heterocycles. The van der Waals surface area contributed by atoms with Gasteiger partial charge in [0.05, 0.1) is 5.92 Å². The summed E-state index contributed by atoms with van der Waals surface area (Å²) < 4.78 is 0. The molecule has 5 nitrogen and oxygen atoms in total. The summed E-state index contributed by atoms with van der Waals surface area (Å²) in [5.41, 5.74) is 0. The van der Waals surface area contributed by atoms with Crippen LogP contribution in [0.25, 0.3) is 0 Å². The summed E-state index contributed by atoms with van der Waals surface area (Å²) in [6.07, 6.45) is 4.14. The van der Waals surface area contributed by atoms with Crippen LogP contribution in [0.2, 0.25) is 0 Å². The van der Waals surface area contributed by atoms with Gasteiger partial charge in [0.1, 0.15) is 5.01 Å². The number of carbonyl (C=O) groups is 1. The first-order chi connectivity index (χ1) is 9.24. The van der Waals surface area contributed by atoms with Crippen molar-refractivity contribution in [1.82, 2.24) is 15.5 Å². The van der Waals surface area contributed by atoms with Gasteiger partial charge in [0.25, 0.3) is 0 Å². The van der Waals surface area contributed by atoms with E-state index in [1.807, 2.05) is 0 Å². The number of hydrogen-bond acceptors (Lipinski definition) is 5.